The molecule has 17 heavy (non-hydrogen) atoms. The van der Waals surface area contributed by atoms with E-state index in [1.54, 1.807) is 6.07 Å². The molecule has 1 rings (SSSR count). The van der Waals surface area contributed by atoms with E-state index < -0.39 is 14.3 Å². The van der Waals surface area contributed by atoms with E-state index in [0.717, 1.165) is 20.7 Å². The Bertz CT molecular complexity index is 360. The standard InChI is InChI=1S/C13H20BrFGeO/c1-9(2)16(10(3)4)8-17-13-6-5-11(15)7-12(13)14/h5-7,9-10,16H,8H2,1-4H3. The Morgan fingerprint density at radius 2 is 1.82 bits per heavy atom. The number of halogens is 2. The van der Waals surface area contributed by atoms with Crippen LogP contribution in [0.15, 0.2) is 22.7 Å². The molecule has 0 unspecified atom stereocenters. The summed E-state index contributed by atoms with van der Waals surface area (Å²) in [4.78, 5) is 0. The van der Waals surface area contributed by atoms with Gasteiger partial charge in [0.2, 0.25) is 0 Å². The molecule has 0 aromatic heterocycles. The van der Waals surface area contributed by atoms with Crippen molar-refractivity contribution in [1.82, 2.24) is 0 Å². The van der Waals surface area contributed by atoms with E-state index in [2.05, 4.69) is 43.6 Å². The molecule has 1 aromatic carbocycles. The first kappa shape index (κ1) is 15.0. The Kier molecular flexibility index (Phi) is 6.00. The Hall–Kier alpha value is -0.0271. The van der Waals surface area contributed by atoms with Crippen molar-refractivity contribution >= 4 is 30.3 Å². The predicted molar refractivity (Wildman–Crippen MR) is 76.9 cm³/mol. The van der Waals surface area contributed by atoms with Crippen molar-refractivity contribution in [3.8, 4) is 5.75 Å². The van der Waals surface area contributed by atoms with Crippen LogP contribution < -0.4 is 4.74 Å². The van der Waals surface area contributed by atoms with Crippen LogP contribution in [0.4, 0.5) is 4.39 Å². The topological polar surface area (TPSA) is 9.23 Å². The van der Waals surface area contributed by atoms with Gasteiger partial charge in [-0.3, -0.25) is 0 Å². The molecular weight excluding hydrogens is 344 g/mol. The van der Waals surface area contributed by atoms with Gasteiger partial charge in [0.05, 0.1) is 0 Å². The average Bonchev–Trinajstić information content (AvgIpc) is 2.20. The zero-order valence-electron chi connectivity index (χ0n) is 10.8. The zero-order chi connectivity index (χ0) is 13.0. The minimum atomic E-state index is -1.42. The normalized spacial score (nSPS) is 11.6. The summed E-state index contributed by atoms with van der Waals surface area (Å²) in [7, 11) is 0. The van der Waals surface area contributed by atoms with Gasteiger partial charge in [0.15, 0.2) is 0 Å². The first-order chi connectivity index (χ1) is 7.91. The summed E-state index contributed by atoms with van der Waals surface area (Å²) in [5.74, 6) is 0.512. The molecule has 0 spiro atoms. The Balaban J connectivity index is 2.65. The zero-order valence-corrected chi connectivity index (χ0v) is 14.8. The maximum atomic E-state index is 12.9. The molecule has 4 heteroatoms. The Labute approximate surface area is 116 Å². The van der Waals surface area contributed by atoms with Crippen LogP contribution in [0.2, 0.25) is 9.50 Å². The van der Waals surface area contributed by atoms with Crippen LogP contribution >= 0.6 is 15.9 Å². The van der Waals surface area contributed by atoms with E-state index in [1.165, 1.54) is 12.1 Å². The van der Waals surface area contributed by atoms with E-state index in [1.807, 2.05) is 0 Å². The second kappa shape index (κ2) is 6.79. The molecule has 0 N–H and O–H groups in total. The average molecular weight is 364 g/mol. The van der Waals surface area contributed by atoms with Gasteiger partial charge in [0.25, 0.3) is 0 Å². The first-order valence-electron chi connectivity index (χ1n) is 5.99. The van der Waals surface area contributed by atoms with Crippen LogP contribution in [-0.2, 0) is 0 Å². The summed E-state index contributed by atoms with van der Waals surface area (Å²) >= 11 is 1.91. The van der Waals surface area contributed by atoms with Crippen molar-refractivity contribution < 1.29 is 9.13 Å². The van der Waals surface area contributed by atoms with Gasteiger partial charge in [0, 0.05) is 0 Å². The molecule has 96 valence electrons. The molecule has 0 heterocycles. The quantitative estimate of drug-likeness (QED) is 0.697. The van der Waals surface area contributed by atoms with Crippen LogP contribution in [0, 0.1) is 5.82 Å². The van der Waals surface area contributed by atoms with E-state index in [0.29, 0.717) is 4.47 Å². The van der Waals surface area contributed by atoms with Gasteiger partial charge in [-0.25, -0.2) is 0 Å². The van der Waals surface area contributed by atoms with Crippen LogP contribution in [0.1, 0.15) is 27.7 Å². The monoisotopic (exact) mass is 364 g/mol. The molecule has 1 nitrogen and oxygen atoms in total. The van der Waals surface area contributed by atoms with E-state index in [9.17, 15) is 4.39 Å². The van der Waals surface area contributed by atoms with Gasteiger partial charge in [-0.05, 0) is 0 Å². The molecule has 0 saturated heterocycles. The van der Waals surface area contributed by atoms with Gasteiger partial charge < -0.3 is 0 Å². The number of rotatable bonds is 5. The minimum absolute atomic E-state index is 0.241. The van der Waals surface area contributed by atoms with Crippen LogP contribution in [0.5, 0.6) is 5.75 Å². The van der Waals surface area contributed by atoms with E-state index >= 15 is 0 Å². The fourth-order valence-electron chi connectivity index (χ4n) is 1.93. The molecule has 0 saturated carbocycles. The second-order valence-electron chi connectivity index (χ2n) is 5.04. The fourth-order valence-corrected chi connectivity index (χ4v) is 8.02. The summed E-state index contributed by atoms with van der Waals surface area (Å²) in [6.45, 7) is 9.14. The van der Waals surface area contributed by atoms with Crippen LogP contribution in [0.25, 0.3) is 0 Å². The van der Waals surface area contributed by atoms with Crippen molar-refractivity contribution in [2.24, 2.45) is 0 Å². The van der Waals surface area contributed by atoms with Crippen molar-refractivity contribution in [1.29, 1.82) is 0 Å². The maximum absolute atomic E-state index is 12.9. The van der Waals surface area contributed by atoms with Crippen molar-refractivity contribution in [2.45, 2.75) is 37.2 Å². The molecule has 0 radical (unpaired) electrons. The summed E-state index contributed by atoms with van der Waals surface area (Å²) in [5.41, 5.74) is 0.854. The SMILES string of the molecule is C[CH](C)[GeH]([CH2]Oc1ccc(F)cc1Br)[CH](C)C. The first-order valence-corrected chi connectivity index (χ1v) is 11.3. The van der Waals surface area contributed by atoms with E-state index in [4.69, 9.17) is 4.74 Å². The third kappa shape index (κ3) is 4.62. The fraction of sp³-hybridized carbons (Fsp3) is 0.538. The molecule has 0 bridgehead atoms. The van der Waals surface area contributed by atoms with Gasteiger partial charge in [-0.15, -0.1) is 0 Å². The van der Waals surface area contributed by atoms with Crippen molar-refractivity contribution in [2.75, 3.05) is 5.44 Å². The molecule has 0 aliphatic rings. The third-order valence-electron chi connectivity index (χ3n) is 3.04. The van der Waals surface area contributed by atoms with Crippen molar-refractivity contribution in [3.05, 3.63) is 28.5 Å². The molecule has 0 amide bonds. The van der Waals surface area contributed by atoms with Gasteiger partial charge in [-0.1, -0.05) is 0 Å². The predicted octanol–water partition coefficient (Wildman–Crippen LogP) is 4.55. The molecule has 0 aliphatic heterocycles. The Morgan fingerprint density at radius 3 is 2.29 bits per heavy atom. The molecular formula is C13H20BrFGeO. The van der Waals surface area contributed by atoms with Crippen LogP contribution in [0.3, 0.4) is 0 Å². The number of benzene rings is 1. The van der Waals surface area contributed by atoms with Gasteiger partial charge in [-0.2, -0.15) is 0 Å². The van der Waals surface area contributed by atoms with Crippen molar-refractivity contribution in [3.63, 3.8) is 0 Å². The van der Waals surface area contributed by atoms with Gasteiger partial charge in [0.1, 0.15) is 0 Å². The third-order valence-corrected chi connectivity index (χ3v) is 12.0. The number of hydrogen-bond acceptors (Lipinski definition) is 1. The summed E-state index contributed by atoms with van der Waals surface area (Å²) in [5, 5.41) is 0. The summed E-state index contributed by atoms with van der Waals surface area (Å²) < 4.78 is 21.0. The summed E-state index contributed by atoms with van der Waals surface area (Å²) in [6.07, 6.45) is 0. The summed E-state index contributed by atoms with van der Waals surface area (Å²) in [6, 6.07) is 4.58. The van der Waals surface area contributed by atoms with Crippen LogP contribution in [-0.4, -0.2) is 19.8 Å². The molecule has 0 fully saturated rings. The number of hydrogen-bond donors (Lipinski definition) is 0. The van der Waals surface area contributed by atoms with Gasteiger partial charge >= 0.3 is 116 Å². The van der Waals surface area contributed by atoms with E-state index in [-0.39, 0.29) is 5.82 Å². The molecule has 0 aliphatic carbocycles. The number of ether oxygens (including phenoxy) is 1. The Morgan fingerprint density at radius 1 is 1.24 bits per heavy atom. The molecule has 0 atom stereocenters. The second-order valence-corrected chi connectivity index (χ2v) is 15.0. The molecule has 1 aromatic rings.